The third-order valence-electron chi connectivity index (χ3n) is 4.00. The lowest BCUT2D eigenvalue weighted by Gasteiger charge is -2.15. The molecule has 0 spiro atoms. The van der Waals surface area contributed by atoms with Crippen molar-refractivity contribution in [2.75, 3.05) is 13.2 Å². The maximum Gasteiger partial charge on any atom is 0.119 e. The van der Waals surface area contributed by atoms with Gasteiger partial charge in [-0.15, -0.1) is 0 Å². The van der Waals surface area contributed by atoms with Crippen molar-refractivity contribution in [1.29, 1.82) is 0 Å². The SMILES string of the molecule is Oc1ccc(Sc2ccccc2)c(CC2CO2)c1CC1CO1. The molecule has 2 aromatic carbocycles. The Bertz CT molecular complexity index is 664. The van der Waals surface area contributed by atoms with Crippen LogP contribution in [-0.4, -0.2) is 30.5 Å². The lowest BCUT2D eigenvalue weighted by atomic mass is 9.98. The number of epoxide rings is 2. The largest absolute Gasteiger partial charge is 0.508 e. The number of ether oxygens (including phenoxy) is 2. The van der Waals surface area contributed by atoms with Gasteiger partial charge in [0.05, 0.1) is 25.4 Å². The minimum Gasteiger partial charge on any atom is -0.508 e. The van der Waals surface area contributed by atoms with Crippen molar-refractivity contribution in [3.8, 4) is 5.75 Å². The summed E-state index contributed by atoms with van der Waals surface area (Å²) >= 11 is 1.75. The molecular formula is C18H18O3S. The second kappa shape index (κ2) is 5.95. The first-order valence-electron chi connectivity index (χ1n) is 7.59. The number of phenols is 1. The summed E-state index contributed by atoms with van der Waals surface area (Å²) < 4.78 is 10.8. The van der Waals surface area contributed by atoms with Gasteiger partial charge in [-0.05, 0) is 29.8 Å². The zero-order chi connectivity index (χ0) is 14.9. The Kier molecular flexibility index (Phi) is 3.82. The van der Waals surface area contributed by atoms with Crippen molar-refractivity contribution in [3.63, 3.8) is 0 Å². The van der Waals surface area contributed by atoms with Crippen LogP contribution in [0.1, 0.15) is 11.1 Å². The predicted molar refractivity (Wildman–Crippen MR) is 85.6 cm³/mol. The standard InChI is InChI=1S/C18H18O3S/c19-17-6-7-18(22-14-4-2-1-3-5-14)16(9-13-11-21-13)15(17)8-12-10-20-12/h1-7,12-13,19H,8-11H2. The third-order valence-corrected chi connectivity index (χ3v) is 5.11. The van der Waals surface area contributed by atoms with Crippen molar-refractivity contribution in [2.24, 2.45) is 0 Å². The molecule has 2 aliphatic heterocycles. The van der Waals surface area contributed by atoms with E-state index in [0.717, 1.165) is 31.6 Å². The molecule has 2 atom stereocenters. The van der Waals surface area contributed by atoms with Crippen LogP contribution in [0.2, 0.25) is 0 Å². The molecule has 2 heterocycles. The second-order valence-corrected chi connectivity index (χ2v) is 6.89. The lowest BCUT2D eigenvalue weighted by Crippen LogP contribution is -2.05. The van der Waals surface area contributed by atoms with Crippen molar-refractivity contribution in [3.05, 3.63) is 53.6 Å². The summed E-state index contributed by atoms with van der Waals surface area (Å²) in [7, 11) is 0. The Morgan fingerprint density at radius 3 is 2.18 bits per heavy atom. The molecule has 0 aromatic heterocycles. The third kappa shape index (κ3) is 3.29. The van der Waals surface area contributed by atoms with Gasteiger partial charge in [0.2, 0.25) is 0 Å². The number of hydrogen-bond donors (Lipinski definition) is 1. The number of aromatic hydroxyl groups is 1. The van der Waals surface area contributed by atoms with Crippen LogP contribution >= 0.6 is 11.8 Å². The molecule has 2 aromatic rings. The van der Waals surface area contributed by atoms with Crippen molar-refractivity contribution < 1.29 is 14.6 Å². The van der Waals surface area contributed by atoms with Crippen LogP contribution in [0.25, 0.3) is 0 Å². The monoisotopic (exact) mass is 314 g/mol. The molecule has 0 saturated carbocycles. The fraction of sp³-hybridized carbons (Fsp3) is 0.333. The van der Waals surface area contributed by atoms with Crippen LogP contribution in [0.5, 0.6) is 5.75 Å². The van der Waals surface area contributed by atoms with Gasteiger partial charge in [0.25, 0.3) is 0 Å². The maximum absolute atomic E-state index is 10.3. The predicted octanol–water partition coefficient (Wildman–Crippen LogP) is 3.43. The molecule has 4 heteroatoms. The van der Waals surface area contributed by atoms with Crippen LogP contribution in [0.15, 0.2) is 52.3 Å². The Morgan fingerprint density at radius 2 is 1.55 bits per heavy atom. The van der Waals surface area contributed by atoms with E-state index in [1.54, 1.807) is 17.8 Å². The average molecular weight is 314 g/mol. The average Bonchev–Trinajstić information content (AvgIpc) is 3.42. The summed E-state index contributed by atoms with van der Waals surface area (Å²) in [6.45, 7) is 1.62. The van der Waals surface area contributed by atoms with Gasteiger partial charge < -0.3 is 14.6 Å². The lowest BCUT2D eigenvalue weighted by molar-refractivity contribution is 0.395. The summed E-state index contributed by atoms with van der Waals surface area (Å²) in [5, 5.41) is 10.3. The van der Waals surface area contributed by atoms with Gasteiger partial charge in [0.1, 0.15) is 5.75 Å². The van der Waals surface area contributed by atoms with Gasteiger partial charge in [-0.3, -0.25) is 0 Å². The van der Waals surface area contributed by atoms with E-state index in [1.807, 2.05) is 24.3 Å². The molecular weight excluding hydrogens is 296 g/mol. The molecule has 0 aliphatic carbocycles. The van der Waals surface area contributed by atoms with Crippen molar-refractivity contribution in [2.45, 2.75) is 34.8 Å². The smallest absolute Gasteiger partial charge is 0.119 e. The Labute approximate surface area is 134 Å². The fourth-order valence-corrected chi connectivity index (χ4v) is 3.66. The molecule has 2 saturated heterocycles. The highest BCUT2D eigenvalue weighted by Gasteiger charge is 2.30. The minimum absolute atomic E-state index is 0.266. The van der Waals surface area contributed by atoms with Gasteiger partial charge in [-0.1, -0.05) is 30.0 Å². The summed E-state index contributed by atoms with van der Waals surface area (Å²) in [6.07, 6.45) is 2.22. The van der Waals surface area contributed by atoms with Gasteiger partial charge in [-0.25, -0.2) is 0 Å². The number of phenolic OH excluding ortho intramolecular Hbond substituents is 1. The molecule has 2 aliphatic rings. The maximum atomic E-state index is 10.3. The topological polar surface area (TPSA) is 45.3 Å². The zero-order valence-corrected chi connectivity index (χ0v) is 13.0. The fourth-order valence-electron chi connectivity index (χ4n) is 2.65. The van der Waals surface area contributed by atoms with E-state index in [4.69, 9.17) is 9.47 Å². The number of rotatable bonds is 6. The van der Waals surface area contributed by atoms with Gasteiger partial charge >= 0.3 is 0 Å². The molecule has 4 rings (SSSR count). The van der Waals surface area contributed by atoms with Crippen LogP contribution < -0.4 is 0 Å². The molecule has 0 amide bonds. The van der Waals surface area contributed by atoms with E-state index in [1.165, 1.54) is 15.4 Å². The number of hydrogen-bond acceptors (Lipinski definition) is 4. The van der Waals surface area contributed by atoms with Gasteiger partial charge in [0.15, 0.2) is 0 Å². The normalized spacial score (nSPS) is 22.5. The van der Waals surface area contributed by atoms with Crippen LogP contribution in [0, 0.1) is 0 Å². The van der Waals surface area contributed by atoms with Gasteiger partial charge in [0, 0.05) is 28.2 Å². The zero-order valence-electron chi connectivity index (χ0n) is 12.2. The second-order valence-electron chi connectivity index (χ2n) is 5.77. The van der Waals surface area contributed by atoms with E-state index in [9.17, 15) is 5.11 Å². The Balaban J connectivity index is 1.68. The molecule has 1 N–H and O–H groups in total. The van der Waals surface area contributed by atoms with E-state index >= 15 is 0 Å². The Morgan fingerprint density at radius 1 is 0.909 bits per heavy atom. The summed E-state index contributed by atoms with van der Waals surface area (Å²) in [4.78, 5) is 2.41. The summed E-state index contributed by atoms with van der Waals surface area (Å²) in [5.74, 6) is 0.378. The molecule has 2 fully saturated rings. The highest BCUT2D eigenvalue weighted by atomic mass is 32.2. The Hall–Kier alpha value is -1.49. The highest BCUT2D eigenvalue weighted by Crippen LogP contribution is 2.38. The van der Waals surface area contributed by atoms with Crippen molar-refractivity contribution in [1.82, 2.24) is 0 Å². The molecule has 2 unspecified atom stereocenters. The molecule has 22 heavy (non-hydrogen) atoms. The summed E-state index contributed by atoms with van der Waals surface area (Å²) in [5.41, 5.74) is 2.24. The number of benzene rings is 2. The van der Waals surface area contributed by atoms with Crippen LogP contribution in [0.3, 0.4) is 0 Å². The van der Waals surface area contributed by atoms with E-state index < -0.39 is 0 Å². The first kappa shape index (κ1) is 14.1. The van der Waals surface area contributed by atoms with E-state index in [-0.39, 0.29) is 6.10 Å². The van der Waals surface area contributed by atoms with Crippen molar-refractivity contribution >= 4 is 11.8 Å². The minimum atomic E-state index is 0.266. The quantitative estimate of drug-likeness (QED) is 0.830. The highest BCUT2D eigenvalue weighted by molar-refractivity contribution is 7.99. The van der Waals surface area contributed by atoms with Crippen LogP contribution in [-0.2, 0) is 22.3 Å². The first-order chi connectivity index (χ1) is 10.8. The molecule has 114 valence electrons. The van der Waals surface area contributed by atoms with Gasteiger partial charge in [-0.2, -0.15) is 0 Å². The van der Waals surface area contributed by atoms with Crippen LogP contribution in [0.4, 0.5) is 0 Å². The molecule has 0 bridgehead atoms. The molecule has 3 nitrogen and oxygen atoms in total. The first-order valence-corrected chi connectivity index (χ1v) is 8.41. The summed E-state index contributed by atoms with van der Waals surface area (Å²) in [6, 6.07) is 14.2. The molecule has 0 radical (unpaired) electrons. The van der Waals surface area contributed by atoms with E-state index in [0.29, 0.717) is 11.9 Å². The van der Waals surface area contributed by atoms with E-state index in [2.05, 4.69) is 12.1 Å².